The first kappa shape index (κ1) is 14.3. The first-order valence-electron chi connectivity index (χ1n) is 8.22. The van der Waals surface area contributed by atoms with E-state index in [9.17, 15) is 0 Å². The largest absolute Gasteiger partial charge is 0.311 e. The van der Waals surface area contributed by atoms with Gasteiger partial charge in [-0.25, -0.2) is 0 Å². The zero-order valence-corrected chi connectivity index (χ0v) is 12.6. The molecule has 1 saturated carbocycles. The van der Waals surface area contributed by atoms with Crippen molar-refractivity contribution in [2.45, 2.75) is 71.4 Å². The molecule has 0 aromatic heterocycles. The Labute approximate surface area is 114 Å². The summed E-state index contributed by atoms with van der Waals surface area (Å²) < 4.78 is 0. The molecule has 4 unspecified atom stereocenters. The average Bonchev–Trinajstić information content (AvgIpc) is 2.41. The smallest absolute Gasteiger partial charge is 0.0218 e. The van der Waals surface area contributed by atoms with E-state index >= 15 is 0 Å². The topological polar surface area (TPSA) is 15.3 Å². The third-order valence-corrected chi connectivity index (χ3v) is 5.34. The summed E-state index contributed by atoms with van der Waals surface area (Å²) in [4.78, 5) is 2.80. The minimum absolute atomic E-state index is 0.728. The Kier molecular flexibility index (Phi) is 5.50. The molecule has 2 aliphatic rings. The maximum atomic E-state index is 3.71. The molecule has 2 heteroatoms. The molecule has 106 valence electrons. The highest BCUT2D eigenvalue weighted by molar-refractivity contribution is 4.87. The number of nitrogens with zero attached hydrogens (tertiary/aromatic N) is 1. The van der Waals surface area contributed by atoms with Crippen LogP contribution in [0.1, 0.15) is 59.3 Å². The highest BCUT2D eigenvalue weighted by atomic mass is 15.2. The van der Waals surface area contributed by atoms with Crippen LogP contribution in [0.5, 0.6) is 0 Å². The van der Waals surface area contributed by atoms with Gasteiger partial charge in [0.1, 0.15) is 0 Å². The quantitative estimate of drug-likeness (QED) is 0.826. The SMILES string of the molecule is CCC1CN(CC2CCCCC2C)C(CC)CN1. The summed E-state index contributed by atoms with van der Waals surface area (Å²) in [6.45, 7) is 11.0. The zero-order valence-electron chi connectivity index (χ0n) is 12.6. The van der Waals surface area contributed by atoms with Crippen LogP contribution in [-0.4, -0.2) is 36.6 Å². The third-order valence-electron chi connectivity index (χ3n) is 5.34. The van der Waals surface area contributed by atoms with Gasteiger partial charge in [-0.1, -0.05) is 40.0 Å². The Morgan fingerprint density at radius 3 is 2.56 bits per heavy atom. The lowest BCUT2D eigenvalue weighted by molar-refractivity contribution is 0.0801. The molecule has 0 bridgehead atoms. The van der Waals surface area contributed by atoms with Gasteiger partial charge in [0, 0.05) is 31.7 Å². The van der Waals surface area contributed by atoms with Gasteiger partial charge in [0.25, 0.3) is 0 Å². The summed E-state index contributed by atoms with van der Waals surface area (Å²) in [6.07, 6.45) is 8.43. The summed E-state index contributed by atoms with van der Waals surface area (Å²) >= 11 is 0. The van der Waals surface area contributed by atoms with E-state index in [0.29, 0.717) is 0 Å². The lowest BCUT2D eigenvalue weighted by atomic mass is 9.80. The van der Waals surface area contributed by atoms with Crippen LogP contribution in [0.2, 0.25) is 0 Å². The fraction of sp³-hybridized carbons (Fsp3) is 1.00. The summed E-state index contributed by atoms with van der Waals surface area (Å²) in [5, 5.41) is 3.71. The van der Waals surface area contributed by atoms with Crippen molar-refractivity contribution < 1.29 is 0 Å². The highest BCUT2D eigenvalue weighted by Gasteiger charge is 2.30. The van der Waals surface area contributed by atoms with Gasteiger partial charge < -0.3 is 5.32 Å². The number of rotatable bonds is 4. The first-order chi connectivity index (χ1) is 8.74. The van der Waals surface area contributed by atoms with Gasteiger partial charge in [0.05, 0.1) is 0 Å². The zero-order chi connectivity index (χ0) is 13.0. The van der Waals surface area contributed by atoms with Crippen LogP contribution in [0, 0.1) is 11.8 Å². The van der Waals surface area contributed by atoms with Crippen molar-refractivity contribution in [2.75, 3.05) is 19.6 Å². The number of hydrogen-bond acceptors (Lipinski definition) is 2. The lowest BCUT2D eigenvalue weighted by Crippen LogP contribution is -2.57. The molecular formula is C16H32N2. The molecular weight excluding hydrogens is 220 g/mol. The third kappa shape index (κ3) is 3.48. The monoisotopic (exact) mass is 252 g/mol. The van der Waals surface area contributed by atoms with Crippen molar-refractivity contribution in [2.24, 2.45) is 11.8 Å². The second-order valence-corrected chi connectivity index (χ2v) is 6.55. The first-order valence-corrected chi connectivity index (χ1v) is 8.22. The maximum absolute atomic E-state index is 3.71. The van der Waals surface area contributed by atoms with Crippen molar-refractivity contribution in [3.63, 3.8) is 0 Å². The minimum Gasteiger partial charge on any atom is -0.311 e. The molecule has 1 saturated heterocycles. The second kappa shape index (κ2) is 6.91. The van der Waals surface area contributed by atoms with Gasteiger partial charge in [-0.2, -0.15) is 0 Å². The van der Waals surface area contributed by atoms with Crippen LogP contribution in [0.25, 0.3) is 0 Å². The molecule has 0 radical (unpaired) electrons. The van der Waals surface area contributed by atoms with Crippen molar-refractivity contribution in [1.29, 1.82) is 0 Å². The van der Waals surface area contributed by atoms with Crippen molar-refractivity contribution in [3.8, 4) is 0 Å². The van der Waals surface area contributed by atoms with Gasteiger partial charge >= 0.3 is 0 Å². The predicted molar refractivity (Wildman–Crippen MR) is 78.9 cm³/mol. The Hall–Kier alpha value is -0.0800. The van der Waals surface area contributed by atoms with E-state index in [4.69, 9.17) is 0 Å². The lowest BCUT2D eigenvalue weighted by Gasteiger charge is -2.43. The Morgan fingerprint density at radius 2 is 1.89 bits per heavy atom. The Bertz CT molecular complexity index is 241. The van der Waals surface area contributed by atoms with Gasteiger partial charge in [-0.15, -0.1) is 0 Å². The van der Waals surface area contributed by atoms with E-state index in [0.717, 1.165) is 23.9 Å². The van der Waals surface area contributed by atoms with Crippen LogP contribution in [0.3, 0.4) is 0 Å². The molecule has 2 nitrogen and oxygen atoms in total. The van der Waals surface area contributed by atoms with E-state index in [1.165, 1.54) is 58.2 Å². The highest BCUT2D eigenvalue weighted by Crippen LogP contribution is 2.31. The van der Waals surface area contributed by atoms with Crippen LogP contribution in [0.15, 0.2) is 0 Å². The van der Waals surface area contributed by atoms with Gasteiger partial charge in [-0.05, 0) is 31.1 Å². The molecule has 1 N–H and O–H groups in total. The van der Waals surface area contributed by atoms with Gasteiger partial charge in [-0.3, -0.25) is 4.90 Å². The fourth-order valence-electron chi connectivity index (χ4n) is 3.79. The van der Waals surface area contributed by atoms with E-state index < -0.39 is 0 Å². The molecule has 0 amide bonds. The molecule has 0 aromatic rings. The van der Waals surface area contributed by atoms with E-state index in [1.807, 2.05) is 0 Å². The molecule has 1 aliphatic carbocycles. The second-order valence-electron chi connectivity index (χ2n) is 6.55. The number of piperazine rings is 1. The normalized spacial score (nSPS) is 38.8. The van der Waals surface area contributed by atoms with Gasteiger partial charge in [0.15, 0.2) is 0 Å². The summed E-state index contributed by atoms with van der Waals surface area (Å²) in [7, 11) is 0. The molecule has 2 fully saturated rings. The van der Waals surface area contributed by atoms with Crippen LogP contribution < -0.4 is 5.32 Å². The molecule has 18 heavy (non-hydrogen) atoms. The summed E-state index contributed by atoms with van der Waals surface area (Å²) in [5.74, 6) is 1.91. The molecule has 4 atom stereocenters. The molecule has 0 aromatic carbocycles. The van der Waals surface area contributed by atoms with E-state index in [1.54, 1.807) is 0 Å². The van der Waals surface area contributed by atoms with E-state index in [2.05, 4.69) is 31.0 Å². The number of nitrogens with one attached hydrogen (secondary N) is 1. The molecule has 1 aliphatic heterocycles. The molecule has 0 spiro atoms. The van der Waals surface area contributed by atoms with E-state index in [-0.39, 0.29) is 0 Å². The molecule has 2 rings (SSSR count). The van der Waals surface area contributed by atoms with Crippen LogP contribution in [-0.2, 0) is 0 Å². The minimum atomic E-state index is 0.728. The van der Waals surface area contributed by atoms with Gasteiger partial charge in [0.2, 0.25) is 0 Å². The predicted octanol–water partition coefficient (Wildman–Crippen LogP) is 3.28. The van der Waals surface area contributed by atoms with Crippen molar-refractivity contribution in [1.82, 2.24) is 10.2 Å². The fourth-order valence-corrected chi connectivity index (χ4v) is 3.79. The summed E-state index contributed by atoms with van der Waals surface area (Å²) in [5.41, 5.74) is 0. The average molecular weight is 252 g/mol. The Morgan fingerprint density at radius 1 is 1.11 bits per heavy atom. The summed E-state index contributed by atoms with van der Waals surface area (Å²) in [6, 6.07) is 1.51. The number of hydrogen-bond donors (Lipinski definition) is 1. The molecule has 1 heterocycles. The maximum Gasteiger partial charge on any atom is 0.0218 e. The standard InChI is InChI=1S/C16H32N2/c1-4-15-12-18(16(5-2)10-17-15)11-14-9-7-6-8-13(14)3/h13-17H,4-12H2,1-3H3. The van der Waals surface area contributed by atoms with Crippen molar-refractivity contribution in [3.05, 3.63) is 0 Å². The Balaban J connectivity index is 1.91. The van der Waals surface area contributed by atoms with Crippen LogP contribution in [0.4, 0.5) is 0 Å². The van der Waals surface area contributed by atoms with Crippen LogP contribution >= 0.6 is 0 Å². The van der Waals surface area contributed by atoms with Crippen molar-refractivity contribution >= 4 is 0 Å².